The third-order valence-electron chi connectivity index (χ3n) is 3.19. The van der Waals surface area contributed by atoms with Crippen LogP contribution in [-0.2, 0) is 0 Å². The summed E-state index contributed by atoms with van der Waals surface area (Å²) in [5, 5.41) is 0. The first kappa shape index (κ1) is 15.5. The Bertz CT molecular complexity index is 435. The number of hydrogen-bond donors (Lipinski definition) is 0. The largest absolute Gasteiger partial charge is 0.497 e. The Balaban J connectivity index is 3.04. The summed E-state index contributed by atoms with van der Waals surface area (Å²) < 4.78 is 5.31. The predicted octanol–water partition coefficient (Wildman–Crippen LogP) is 3.85. The van der Waals surface area contributed by atoms with Crippen molar-refractivity contribution in [3.8, 4) is 5.75 Å². The van der Waals surface area contributed by atoms with Gasteiger partial charge in [0.15, 0.2) is 0 Å². The van der Waals surface area contributed by atoms with Crippen molar-refractivity contribution in [3.63, 3.8) is 0 Å². The Kier molecular flexibility index (Phi) is 6.37. The van der Waals surface area contributed by atoms with Gasteiger partial charge in [0, 0.05) is 12.5 Å². The van der Waals surface area contributed by atoms with Gasteiger partial charge < -0.3 is 9.64 Å². The molecular formula is C17H25NO. The molecule has 1 rings (SSSR count). The predicted molar refractivity (Wildman–Crippen MR) is 83.5 cm³/mol. The number of rotatable bonds is 7. The van der Waals surface area contributed by atoms with Gasteiger partial charge in [-0.2, -0.15) is 0 Å². The lowest BCUT2D eigenvalue weighted by molar-refractivity contribution is 0.365. The fraction of sp³-hybridized carbons (Fsp3) is 0.412. The summed E-state index contributed by atoms with van der Waals surface area (Å²) in [6.07, 6.45) is 5.18. The van der Waals surface area contributed by atoms with Gasteiger partial charge in [0.05, 0.1) is 7.11 Å². The number of benzene rings is 1. The first-order chi connectivity index (χ1) is 9.12. The van der Waals surface area contributed by atoms with E-state index >= 15 is 0 Å². The summed E-state index contributed by atoms with van der Waals surface area (Å²) in [7, 11) is 5.92. The van der Waals surface area contributed by atoms with Crippen LogP contribution >= 0.6 is 0 Å². The van der Waals surface area contributed by atoms with Crippen LogP contribution in [0.15, 0.2) is 43.0 Å². The van der Waals surface area contributed by atoms with E-state index < -0.39 is 0 Å². The number of allylic oxidation sites excluding steroid dienone is 2. The van der Waals surface area contributed by atoms with Gasteiger partial charge in [-0.15, -0.1) is 6.58 Å². The second-order valence-electron chi connectivity index (χ2n) is 4.96. The van der Waals surface area contributed by atoms with E-state index in [-0.39, 0.29) is 0 Å². The van der Waals surface area contributed by atoms with E-state index in [2.05, 4.69) is 50.7 Å². The summed E-state index contributed by atoms with van der Waals surface area (Å²) in [6.45, 7) is 7.00. The monoisotopic (exact) mass is 259 g/mol. The molecule has 0 radical (unpaired) electrons. The maximum atomic E-state index is 5.31. The Morgan fingerprint density at radius 2 is 2.16 bits per heavy atom. The fourth-order valence-corrected chi connectivity index (χ4v) is 2.38. The van der Waals surface area contributed by atoms with Gasteiger partial charge in [0.25, 0.3) is 0 Å². The zero-order valence-corrected chi connectivity index (χ0v) is 12.5. The van der Waals surface area contributed by atoms with E-state index in [9.17, 15) is 0 Å². The molecule has 1 aromatic rings. The zero-order chi connectivity index (χ0) is 14.3. The van der Waals surface area contributed by atoms with E-state index in [1.807, 2.05) is 18.2 Å². The molecule has 0 aromatic heterocycles. The molecule has 2 heteroatoms. The molecule has 0 aliphatic carbocycles. The quantitative estimate of drug-likeness (QED) is 0.690. The number of methoxy groups -OCH3 is 1. The molecule has 0 bridgehead atoms. The molecule has 0 fully saturated rings. The molecule has 2 nitrogen and oxygen atoms in total. The molecule has 0 aliphatic heterocycles. The lowest BCUT2D eigenvalue weighted by Gasteiger charge is -2.23. The van der Waals surface area contributed by atoms with E-state index in [1.54, 1.807) is 7.11 Å². The van der Waals surface area contributed by atoms with Gasteiger partial charge in [-0.25, -0.2) is 0 Å². The van der Waals surface area contributed by atoms with Crippen molar-refractivity contribution in [1.82, 2.24) is 4.90 Å². The highest BCUT2D eigenvalue weighted by Gasteiger charge is 2.15. The van der Waals surface area contributed by atoms with Crippen molar-refractivity contribution in [2.45, 2.75) is 13.3 Å². The Morgan fingerprint density at radius 3 is 2.68 bits per heavy atom. The summed E-state index contributed by atoms with van der Waals surface area (Å²) in [4.78, 5) is 2.22. The number of ether oxygens (including phenoxy) is 1. The van der Waals surface area contributed by atoms with Gasteiger partial charge in [0.1, 0.15) is 5.75 Å². The van der Waals surface area contributed by atoms with Gasteiger partial charge in [0.2, 0.25) is 0 Å². The Labute approximate surface area is 117 Å². The maximum Gasteiger partial charge on any atom is 0.119 e. The standard InChI is InChI=1S/C17H25NO/c1-6-9-15(13-18(3)4)17(7-2)14-10-8-11-16(12-14)19-5/h6-8,10-12,15H,1,9,13H2,2-5H3/b17-7+/t15-/m0/s1. The van der Waals surface area contributed by atoms with Gasteiger partial charge in [-0.05, 0) is 50.7 Å². The highest BCUT2D eigenvalue weighted by Crippen LogP contribution is 2.29. The van der Waals surface area contributed by atoms with Crippen molar-refractivity contribution >= 4 is 5.57 Å². The fourth-order valence-electron chi connectivity index (χ4n) is 2.38. The molecule has 1 atom stereocenters. The molecule has 19 heavy (non-hydrogen) atoms. The van der Waals surface area contributed by atoms with Crippen molar-refractivity contribution in [2.24, 2.45) is 5.92 Å². The molecule has 0 saturated carbocycles. The molecule has 0 amide bonds. The molecule has 0 N–H and O–H groups in total. The van der Waals surface area contributed by atoms with Gasteiger partial charge >= 0.3 is 0 Å². The third-order valence-corrected chi connectivity index (χ3v) is 3.19. The Morgan fingerprint density at radius 1 is 1.42 bits per heavy atom. The van der Waals surface area contributed by atoms with Crippen LogP contribution in [0.2, 0.25) is 0 Å². The lowest BCUT2D eigenvalue weighted by atomic mass is 9.89. The maximum absolute atomic E-state index is 5.31. The third kappa shape index (κ3) is 4.56. The molecule has 104 valence electrons. The van der Waals surface area contributed by atoms with E-state index in [4.69, 9.17) is 4.74 Å². The van der Waals surface area contributed by atoms with Crippen LogP contribution in [0.4, 0.5) is 0 Å². The second-order valence-corrected chi connectivity index (χ2v) is 4.96. The molecule has 0 saturated heterocycles. The van der Waals surface area contributed by atoms with Crippen LogP contribution in [-0.4, -0.2) is 32.6 Å². The van der Waals surface area contributed by atoms with Crippen LogP contribution in [0, 0.1) is 5.92 Å². The minimum absolute atomic E-state index is 0.463. The molecular weight excluding hydrogens is 234 g/mol. The number of nitrogens with zero attached hydrogens (tertiary/aromatic N) is 1. The van der Waals surface area contributed by atoms with Crippen molar-refractivity contribution in [3.05, 3.63) is 48.6 Å². The molecule has 0 heterocycles. The van der Waals surface area contributed by atoms with Crippen LogP contribution in [0.25, 0.3) is 5.57 Å². The Hall–Kier alpha value is -1.54. The summed E-state index contributed by atoms with van der Waals surface area (Å²) in [6, 6.07) is 8.26. The molecule has 0 unspecified atom stereocenters. The van der Waals surface area contributed by atoms with Crippen molar-refractivity contribution in [2.75, 3.05) is 27.7 Å². The first-order valence-electron chi connectivity index (χ1n) is 6.68. The lowest BCUT2D eigenvalue weighted by Crippen LogP contribution is -2.22. The van der Waals surface area contributed by atoms with Gasteiger partial charge in [-0.3, -0.25) is 0 Å². The average Bonchev–Trinajstić information content (AvgIpc) is 2.39. The summed E-state index contributed by atoms with van der Waals surface area (Å²) in [5.41, 5.74) is 2.59. The normalized spacial score (nSPS) is 13.4. The second kappa shape index (κ2) is 7.80. The zero-order valence-electron chi connectivity index (χ0n) is 12.5. The van der Waals surface area contributed by atoms with Gasteiger partial charge in [-0.1, -0.05) is 24.3 Å². The average molecular weight is 259 g/mol. The minimum Gasteiger partial charge on any atom is -0.497 e. The van der Waals surface area contributed by atoms with Crippen molar-refractivity contribution < 1.29 is 4.74 Å². The smallest absolute Gasteiger partial charge is 0.119 e. The molecule has 0 spiro atoms. The summed E-state index contributed by atoms with van der Waals surface area (Å²) >= 11 is 0. The topological polar surface area (TPSA) is 12.5 Å². The molecule has 0 aliphatic rings. The molecule has 1 aromatic carbocycles. The highest BCUT2D eigenvalue weighted by molar-refractivity contribution is 5.68. The van der Waals surface area contributed by atoms with Crippen LogP contribution in [0.3, 0.4) is 0 Å². The van der Waals surface area contributed by atoms with Crippen LogP contribution in [0.5, 0.6) is 5.75 Å². The van der Waals surface area contributed by atoms with Crippen molar-refractivity contribution in [1.29, 1.82) is 0 Å². The van der Waals surface area contributed by atoms with E-state index in [0.29, 0.717) is 5.92 Å². The minimum atomic E-state index is 0.463. The first-order valence-corrected chi connectivity index (χ1v) is 6.68. The van der Waals surface area contributed by atoms with E-state index in [1.165, 1.54) is 11.1 Å². The summed E-state index contributed by atoms with van der Waals surface area (Å²) in [5.74, 6) is 1.36. The SMILES string of the molecule is C=CC[C@@H](CN(C)C)/C(=C/C)c1cccc(OC)c1. The van der Waals surface area contributed by atoms with Crippen LogP contribution in [0.1, 0.15) is 18.9 Å². The number of hydrogen-bond acceptors (Lipinski definition) is 2. The highest BCUT2D eigenvalue weighted by atomic mass is 16.5. The van der Waals surface area contributed by atoms with E-state index in [0.717, 1.165) is 18.7 Å². The van der Waals surface area contributed by atoms with Crippen LogP contribution < -0.4 is 4.74 Å².